The van der Waals surface area contributed by atoms with Crippen molar-refractivity contribution in [2.45, 2.75) is 291 Å². The normalized spacial score (nSPS) is 11.9. The summed E-state index contributed by atoms with van der Waals surface area (Å²) < 4.78 is 16.8. The summed E-state index contributed by atoms with van der Waals surface area (Å²) >= 11 is 0. The Hall–Kier alpha value is -1.59. The number of hydrogen-bond acceptors (Lipinski definition) is 6. The third-order valence-corrected chi connectivity index (χ3v) is 11.5. The van der Waals surface area contributed by atoms with Crippen LogP contribution in [0.25, 0.3) is 0 Å². The van der Waals surface area contributed by atoms with Gasteiger partial charge in [0.15, 0.2) is 6.10 Å². The van der Waals surface area contributed by atoms with E-state index in [1.807, 2.05) is 0 Å². The van der Waals surface area contributed by atoms with Gasteiger partial charge in [-0.15, -0.1) is 0 Å². The van der Waals surface area contributed by atoms with Crippen LogP contribution in [0, 0.1) is 5.92 Å². The van der Waals surface area contributed by atoms with Gasteiger partial charge in [0.1, 0.15) is 13.2 Å². The Morgan fingerprint density at radius 1 is 0.333 bits per heavy atom. The zero-order valence-corrected chi connectivity index (χ0v) is 38.8. The van der Waals surface area contributed by atoms with Crippen LogP contribution in [0.3, 0.4) is 0 Å². The molecule has 0 fully saturated rings. The number of carbonyl (C=O) groups excluding carboxylic acids is 3. The fourth-order valence-electron chi connectivity index (χ4n) is 7.69. The van der Waals surface area contributed by atoms with Crippen molar-refractivity contribution in [3.63, 3.8) is 0 Å². The molecule has 0 aromatic heterocycles. The van der Waals surface area contributed by atoms with Crippen molar-refractivity contribution in [1.82, 2.24) is 0 Å². The summed E-state index contributed by atoms with van der Waals surface area (Å²) in [4.78, 5) is 37.9. The van der Waals surface area contributed by atoms with Gasteiger partial charge >= 0.3 is 17.9 Å². The molecule has 0 unspecified atom stereocenters. The zero-order valence-electron chi connectivity index (χ0n) is 38.8. The number of carbonyl (C=O) groups is 3. The summed E-state index contributed by atoms with van der Waals surface area (Å²) in [6.45, 7) is 9.00. The average Bonchev–Trinajstić information content (AvgIpc) is 3.19. The minimum atomic E-state index is -0.760. The van der Waals surface area contributed by atoms with Gasteiger partial charge in [0.05, 0.1) is 0 Å². The molecule has 1 atom stereocenters. The molecule has 6 heteroatoms. The van der Waals surface area contributed by atoms with Crippen LogP contribution in [0.5, 0.6) is 0 Å². The van der Waals surface area contributed by atoms with Crippen molar-refractivity contribution in [2.24, 2.45) is 5.92 Å². The fourth-order valence-corrected chi connectivity index (χ4v) is 7.69. The lowest BCUT2D eigenvalue weighted by Gasteiger charge is -2.18. The van der Waals surface area contributed by atoms with Crippen LogP contribution in [-0.2, 0) is 28.6 Å². The van der Waals surface area contributed by atoms with Gasteiger partial charge in [0, 0.05) is 19.3 Å². The molecule has 0 bridgehead atoms. The highest BCUT2D eigenvalue weighted by Crippen LogP contribution is 2.17. The van der Waals surface area contributed by atoms with E-state index in [9.17, 15) is 14.4 Å². The minimum absolute atomic E-state index is 0.0631. The highest BCUT2D eigenvalue weighted by molar-refractivity contribution is 5.71. The summed E-state index contributed by atoms with van der Waals surface area (Å²) in [5.41, 5.74) is 0. The molecule has 0 N–H and O–H groups in total. The summed E-state index contributed by atoms with van der Waals surface area (Å²) in [5, 5.41) is 0. The lowest BCUT2D eigenvalue weighted by atomic mass is 10.0. The first-order valence-electron chi connectivity index (χ1n) is 25.4. The molecule has 338 valence electrons. The minimum Gasteiger partial charge on any atom is -0.462 e. The Bertz CT molecular complexity index is 857. The van der Waals surface area contributed by atoms with Crippen LogP contribution in [0.2, 0.25) is 0 Å². The molecule has 0 radical (unpaired) electrons. The smallest absolute Gasteiger partial charge is 0.306 e. The molecule has 0 heterocycles. The molecule has 0 aromatic rings. The van der Waals surface area contributed by atoms with Crippen LogP contribution in [0.4, 0.5) is 0 Å². The van der Waals surface area contributed by atoms with E-state index in [2.05, 4.69) is 27.7 Å². The van der Waals surface area contributed by atoms with E-state index in [-0.39, 0.29) is 31.1 Å². The summed E-state index contributed by atoms with van der Waals surface area (Å²) in [6, 6.07) is 0. The van der Waals surface area contributed by atoms with Gasteiger partial charge in [0.2, 0.25) is 0 Å². The predicted octanol–water partition coefficient (Wildman–Crippen LogP) is 16.3. The van der Waals surface area contributed by atoms with Crippen molar-refractivity contribution in [1.29, 1.82) is 0 Å². The average molecular weight is 807 g/mol. The largest absolute Gasteiger partial charge is 0.462 e. The maximum atomic E-state index is 12.7. The van der Waals surface area contributed by atoms with E-state index < -0.39 is 6.10 Å². The van der Waals surface area contributed by atoms with E-state index in [0.717, 1.165) is 63.7 Å². The molecule has 57 heavy (non-hydrogen) atoms. The van der Waals surface area contributed by atoms with Crippen molar-refractivity contribution in [3.8, 4) is 0 Å². The van der Waals surface area contributed by atoms with Gasteiger partial charge in [-0.3, -0.25) is 14.4 Å². The maximum Gasteiger partial charge on any atom is 0.306 e. The third kappa shape index (κ3) is 45.3. The molecule has 6 nitrogen and oxygen atoms in total. The van der Waals surface area contributed by atoms with Crippen LogP contribution < -0.4 is 0 Å². The number of rotatable bonds is 46. The molecule has 0 amide bonds. The van der Waals surface area contributed by atoms with Gasteiger partial charge < -0.3 is 14.2 Å². The molecule has 0 saturated heterocycles. The van der Waals surface area contributed by atoms with Crippen LogP contribution in [-0.4, -0.2) is 37.2 Å². The fraction of sp³-hybridized carbons (Fsp3) is 0.941. The number of unbranched alkanes of at least 4 members (excludes halogenated alkanes) is 33. The van der Waals surface area contributed by atoms with E-state index in [4.69, 9.17) is 14.2 Å². The van der Waals surface area contributed by atoms with Gasteiger partial charge in [-0.25, -0.2) is 0 Å². The van der Waals surface area contributed by atoms with E-state index in [1.165, 1.54) is 180 Å². The van der Waals surface area contributed by atoms with E-state index in [1.54, 1.807) is 0 Å². The SMILES string of the molecule is CCCCCCCCCCCCCCCCCCC(=O)OC[C@@H](COC(=O)CCCCCCCCCCCC(C)C)OC(=O)CCCCCCCCCCCCC. The van der Waals surface area contributed by atoms with Gasteiger partial charge in [-0.2, -0.15) is 0 Å². The van der Waals surface area contributed by atoms with Gasteiger partial charge in [-0.05, 0) is 25.2 Å². The van der Waals surface area contributed by atoms with Crippen molar-refractivity contribution >= 4 is 17.9 Å². The second-order valence-corrected chi connectivity index (χ2v) is 17.9. The van der Waals surface area contributed by atoms with Crippen LogP contribution in [0.15, 0.2) is 0 Å². The first-order valence-corrected chi connectivity index (χ1v) is 25.4. The summed E-state index contributed by atoms with van der Waals surface area (Å²) in [6.07, 6.45) is 46.6. The molecular formula is C51H98O6. The highest BCUT2D eigenvalue weighted by atomic mass is 16.6. The Labute approximate surface area is 355 Å². The maximum absolute atomic E-state index is 12.7. The molecule has 0 aromatic carbocycles. The molecule has 0 aliphatic heterocycles. The van der Waals surface area contributed by atoms with Gasteiger partial charge in [0.25, 0.3) is 0 Å². The van der Waals surface area contributed by atoms with E-state index >= 15 is 0 Å². The number of hydrogen-bond donors (Lipinski definition) is 0. The highest BCUT2D eigenvalue weighted by Gasteiger charge is 2.19. The summed E-state index contributed by atoms with van der Waals surface area (Å²) in [5.74, 6) is -0.0389. The number of esters is 3. The van der Waals surface area contributed by atoms with Crippen molar-refractivity contribution in [2.75, 3.05) is 13.2 Å². The molecular weight excluding hydrogens is 709 g/mol. The Balaban J connectivity index is 4.28. The van der Waals surface area contributed by atoms with Crippen LogP contribution >= 0.6 is 0 Å². The Kier molecular flexibility index (Phi) is 44.2. The third-order valence-electron chi connectivity index (χ3n) is 11.5. The lowest BCUT2D eigenvalue weighted by molar-refractivity contribution is -0.167. The quantitative estimate of drug-likeness (QED) is 0.0346. The first-order chi connectivity index (χ1) is 27.9. The second-order valence-electron chi connectivity index (χ2n) is 17.9. The van der Waals surface area contributed by atoms with Crippen LogP contribution in [0.1, 0.15) is 285 Å². The lowest BCUT2D eigenvalue weighted by Crippen LogP contribution is -2.30. The monoisotopic (exact) mass is 807 g/mol. The van der Waals surface area contributed by atoms with Gasteiger partial charge in [-0.1, -0.05) is 246 Å². The molecule has 0 rings (SSSR count). The van der Waals surface area contributed by atoms with Crippen molar-refractivity contribution < 1.29 is 28.6 Å². The zero-order chi connectivity index (χ0) is 41.7. The Morgan fingerprint density at radius 3 is 0.860 bits per heavy atom. The topological polar surface area (TPSA) is 78.9 Å². The summed E-state index contributed by atoms with van der Waals surface area (Å²) in [7, 11) is 0. The molecule has 0 aliphatic carbocycles. The Morgan fingerprint density at radius 2 is 0.579 bits per heavy atom. The molecule has 0 aliphatic rings. The first kappa shape index (κ1) is 55.4. The van der Waals surface area contributed by atoms with E-state index in [0.29, 0.717) is 19.3 Å². The molecule has 0 saturated carbocycles. The number of ether oxygens (including phenoxy) is 3. The predicted molar refractivity (Wildman–Crippen MR) is 243 cm³/mol. The molecule has 0 spiro atoms. The second kappa shape index (κ2) is 45.5. The van der Waals surface area contributed by atoms with Crippen molar-refractivity contribution in [3.05, 3.63) is 0 Å². The standard InChI is InChI=1S/C51H98O6/c1-5-7-9-11-13-15-17-18-19-20-21-23-26-30-34-38-42-49(52)55-45-48(57-51(54)44-40-36-32-27-22-16-14-12-10-8-6-2)46-56-50(53)43-39-35-31-28-24-25-29-33-37-41-47(3)4/h47-48H,5-46H2,1-4H3/t48-/m0/s1.